The van der Waals surface area contributed by atoms with Gasteiger partial charge in [0.05, 0.1) is 12.9 Å². The molecule has 2 heterocycles. The normalized spacial score (nSPS) is 20.2. The molecule has 9 heteroatoms. The topological polar surface area (TPSA) is 81.5 Å². The van der Waals surface area contributed by atoms with Crippen molar-refractivity contribution in [3.8, 4) is 0 Å². The summed E-state index contributed by atoms with van der Waals surface area (Å²) in [5.74, 6) is -0.527. The number of aromatic nitrogens is 2. The Bertz CT molecular complexity index is 613. The maximum atomic E-state index is 12.5. The molecule has 20 heavy (non-hydrogen) atoms. The zero-order valence-corrected chi connectivity index (χ0v) is 12.8. The van der Waals surface area contributed by atoms with Gasteiger partial charge in [0.25, 0.3) is 10.0 Å². The molecule has 0 bridgehead atoms. The summed E-state index contributed by atoms with van der Waals surface area (Å²) in [6, 6.07) is -0.793. The van der Waals surface area contributed by atoms with Crippen LogP contribution in [0.4, 0.5) is 0 Å². The van der Waals surface area contributed by atoms with E-state index in [2.05, 4.69) is 4.98 Å². The molecule has 1 aromatic heterocycles. The molecule has 1 saturated heterocycles. The Morgan fingerprint density at radius 2 is 2.30 bits per heavy atom. The quantitative estimate of drug-likeness (QED) is 0.766. The zero-order valence-electron chi connectivity index (χ0n) is 11.2. The lowest BCUT2D eigenvalue weighted by molar-refractivity contribution is -0.146. The minimum Gasteiger partial charge on any atom is -0.465 e. The fraction of sp³-hybridized carbons (Fsp3) is 0.636. The second-order valence-corrected chi connectivity index (χ2v) is 6.64. The first kappa shape index (κ1) is 15.3. The predicted octanol–water partition coefficient (Wildman–Crippen LogP) is 0.790. The molecule has 0 spiro atoms. The monoisotopic (exact) mass is 321 g/mol. The minimum absolute atomic E-state index is 0.0273. The van der Waals surface area contributed by atoms with E-state index < -0.39 is 22.0 Å². The fourth-order valence-electron chi connectivity index (χ4n) is 2.18. The van der Waals surface area contributed by atoms with Gasteiger partial charge in [-0.3, -0.25) is 4.79 Å². The van der Waals surface area contributed by atoms with Gasteiger partial charge in [-0.25, -0.2) is 13.4 Å². The second kappa shape index (κ2) is 5.71. The molecule has 0 N–H and O–H groups in total. The van der Waals surface area contributed by atoms with Gasteiger partial charge in [-0.05, 0) is 19.8 Å². The average molecular weight is 322 g/mol. The van der Waals surface area contributed by atoms with E-state index in [1.165, 1.54) is 10.9 Å². The molecule has 1 aromatic rings. The van der Waals surface area contributed by atoms with E-state index in [1.54, 1.807) is 14.0 Å². The highest BCUT2D eigenvalue weighted by Crippen LogP contribution is 2.29. The Labute approximate surface area is 122 Å². The largest absolute Gasteiger partial charge is 0.465 e. The molecule has 7 nitrogen and oxygen atoms in total. The van der Waals surface area contributed by atoms with Crippen LogP contribution in [0.3, 0.4) is 0 Å². The van der Waals surface area contributed by atoms with Crippen molar-refractivity contribution in [3.63, 3.8) is 0 Å². The fourth-order valence-corrected chi connectivity index (χ4v) is 4.22. The van der Waals surface area contributed by atoms with Crippen molar-refractivity contribution in [1.29, 1.82) is 0 Å². The van der Waals surface area contributed by atoms with Crippen LogP contribution in [0.1, 0.15) is 19.8 Å². The van der Waals surface area contributed by atoms with E-state index in [0.717, 1.165) is 4.31 Å². The number of imidazole rings is 1. The molecule has 1 aliphatic rings. The lowest BCUT2D eigenvalue weighted by Gasteiger charge is -2.21. The van der Waals surface area contributed by atoms with Gasteiger partial charge >= 0.3 is 5.97 Å². The van der Waals surface area contributed by atoms with Crippen LogP contribution in [-0.2, 0) is 26.6 Å². The summed E-state index contributed by atoms with van der Waals surface area (Å²) >= 11 is 5.94. The molecular formula is C11H16ClN3O4S. The SMILES string of the molecule is CCOC(=O)C1CCCN1S(=O)(=O)c1ncn(C)c1Cl. The van der Waals surface area contributed by atoms with E-state index in [-0.39, 0.29) is 23.3 Å². The van der Waals surface area contributed by atoms with Crippen molar-refractivity contribution >= 4 is 27.6 Å². The van der Waals surface area contributed by atoms with Crippen LogP contribution in [0.2, 0.25) is 5.15 Å². The van der Waals surface area contributed by atoms with E-state index in [4.69, 9.17) is 16.3 Å². The van der Waals surface area contributed by atoms with Gasteiger partial charge in [0.15, 0.2) is 0 Å². The lowest BCUT2D eigenvalue weighted by Crippen LogP contribution is -2.41. The summed E-state index contributed by atoms with van der Waals surface area (Å²) in [6.45, 7) is 2.16. The summed E-state index contributed by atoms with van der Waals surface area (Å²) in [6.07, 6.45) is 2.38. The highest BCUT2D eigenvalue weighted by Gasteiger charge is 2.42. The Morgan fingerprint density at radius 3 is 2.85 bits per heavy atom. The molecule has 0 saturated carbocycles. The third kappa shape index (κ3) is 2.55. The maximum Gasteiger partial charge on any atom is 0.324 e. The molecule has 0 aliphatic carbocycles. The smallest absolute Gasteiger partial charge is 0.324 e. The van der Waals surface area contributed by atoms with Crippen molar-refractivity contribution in [2.45, 2.75) is 30.8 Å². The molecule has 1 fully saturated rings. The number of carbonyl (C=O) groups excluding carboxylic acids is 1. The molecule has 112 valence electrons. The number of aryl methyl sites for hydroxylation is 1. The van der Waals surface area contributed by atoms with Crippen molar-refractivity contribution in [3.05, 3.63) is 11.5 Å². The molecule has 2 rings (SSSR count). The van der Waals surface area contributed by atoms with Crippen molar-refractivity contribution < 1.29 is 17.9 Å². The second-order valence-electron chi connectivity index (χ2n) is 4.48. The van der Waals surface area contributed by atoms with Gasteiger partial charge in [0.1, 0.15) is 11.2 Å². The number of ether oxygens (including phenoxy) is 1. The van der Waals surface area contributed by atoms with Crippen molar-refractivity contribution in [2.75, 3.05) is 13.2 Å². The van der Waals surface area contributed by atoms with E-state index in [1.807, 2.05) is 0 Å². The third-order valence-corrected chi connectivity index (χ3v) is 5.55. The Morgan fingerprint density at radius 1 is 1.60 bits per heavy atom. The highest BCUT2D eigenvalue weighted by atomic mass is 35.5. The molecule has 0 aromatic carbocycles. The summed E-state index contributed by atoms with van der Waals surface area (Å²) in [7, 11) is -2.29. The number of esters is 1. The van der Waals surface area contributed by atoms with Gasteiger partial charge in [0, 0.05) is 13.6 Å². The number of hydrogen-bond acceptors (Lipinski definition) is 5. The number of rotatable bonds is 4. The lowest BCUT2D eigenvalue weighted by atomic mass is 10.2. The summed E-state index contributed by atoms with van der Waals surface area (Å²) in [4.78, 5) is 15.7. The van der Waals surface area contributed by atoms with Crippen LogP contribution < -0.4 is 0 Å². The zero-order chi connectivity index (χ0) is 14.9. The summed E-state index contributed by atoms with van der Waals surface area (Å²) < 4.78 is 32.5. The first-order valence-corrected chi connectivity index (χ1v) is 8.06. The predicted molar refractivity (Wildman–Crippen MR) is 71.8 cm³/mol. The summed E-state index contributed by atoms with van der Waals surface area (Å²) in [5, 5.41) is -0.197. The number of sulfonamides is 1. The maximum absolute atomic E-state index is 12.5. The first-order valence-electron chi connectivity index (χ1n) is 6.25. The van der Waals surface area contributed by atoms with Crippen LogP contribution >= 0.6 is 11.6 Å². The number of hydrogen-bond donors (Lipinski definition) is 0. The van der Waals surface area contributed by atoms with E-state index in [0.29, 0.717) is 12.8 Å². The van der Waals surface area contributed by atoms with Gasteiger partial charge < -0.3 is 9.30 Å². The molecular weight excluding hydrogens is 306 g/mol. The Kier molecular flexibility index (Phi) is 4.36. The Balaban J connectivity index is 2.34. The van der Waals surface area contributed by atoms with E-state index >= 15 is 0 Å². The van der Waals surface area contributed by atoms with Gasteiger partial charge in [-0.15, -0.1) is 0 Å². The highest BCUT2D eigenvalue weighted by molar-refractivity contribution is 7.89. The van der Waals surface area contributed by atoms with Crippen molar-refractivity contribution in [2.24, 2.45) is 7.05 Å². The van der Waals surface area contributed by atoms with Crippen LogP contribution in [0, 0.1) is 0 Å². The van der Waals surface area contributed by atoms with Crippen LogP contribution in [0.25, 0.3) is 0 Å². The first-order chi connectivity index (χ1) is 9.39. The number of carbonyl (C=O) groups is 1. The molecule has 0 radical (unpaired) electrons. The van der Waals surface area contributed by atoms with Crippen LogP contribution in [-0.4, -0.2) is 47.4 Å². The third-order valence-electron chi connectivity index (χ3n) is 3.15. The van der Waals surface area contributed by atoms with E-state index in [9.17, 15) is 13.2 Å². The van der Waals surface area contributed by atoms with Gasteiger partial charge in [0.2, 0.25) is 5.03 Å². The standard InChI is InChI=1S/C11H16ClN3O4S/c1-3-19-11(16)8-5-4-6-15(8)20(17,18)10-9(12)14(2)7-13-10/h7-8H,3-6H2,1-2H3. The van der Waals surface area contributed by atoms with Crippen molar-refractivity contribution in [1.82, 2.24) is 13.9 Å². The van der Waals surface area contributed by atoms with Gasteiger partial charge in [-0.2, -0.15) is 4.31 Å². The Hall–Kier alpha value is -1.12. The molecule has 1 aliphatic heterocycles. The number of halogens is 1. The van der Waals surface area contributed by atoms with Crippen LogP contribution in [0.15, 0.2) is 11.4 Å². The molecule has 1 unspecified atom stereocenters. The minimum atomic E-state index is -3.89. The summed E-state index contributed by atoms with van der Waals surface area (Å²) in [5.41, 5.74) is 0. The average Bonchev–Trinajstić information content (AvgIpc) is 2.99. The molecule has 1 atom stereocenters. The molecule has 0 amide bonds. The van der Waals surface area contributed by atoms with Gasteiger partial charge in [-0.1, -0.05) is 11.6 Å². The number of nitrogens with zero attached hydrogens (tertiary/aromatic N) is 3. The van der Waals surface area contributed by atoms with Crippen LogP contribution in [0.5, 0.6) is 0 Å².